The molecular formula is C60H119NO7P+. The average molecular weight is 998 g/mol. The van der Waals surface area contributed by atoms with Crippen LogP contribution in [0.4, 0.5) is 0 Å². The van der Waals surface area contributed by atoms with Crippen LogP contribution in [0.3, 0.4) is 0 Å². The van der Waals surface area contributed by atoms with Crippen LogP contribution in [0.5, 0.6) is 0 Å². The molecule has 8 nitrogen and oxygen atoms in total. The van der Waals surface area contributed by atoms with Crippen molar-refractivity contribution in [3.63, 3.8) is 0 Å². The number of carbonyl (C=O) groups is 1. The molecule has 0 aromatic carbocycles. The number of quaternary nitrogens is 1. The fourth-order valence-corrected chi connectivity index (χ4v) is 9.62. The van der Waals surface area contributed by atoms with Crippen LogP contribution >= 0.6 is 7.82 Å². The molecule has 0 bridgehead atoms. The topological polar surface area (TPSA) is 91.3 Å². The first-order chi connectivity index (χ1) is 33.6. The van der Waals surface area contributed by atoms with E-state index in [2.05, 4.69) is 38.2 Å². The van der Waals surface area contributed by atoms with Crippen LogP contribution in [-0.2, 0) is 27.9 Å². The van der Waals surface area contributed by atoms with Gasteiger partial charge in [-0.25, -0.2) is 4.57 Å². The van der Waals surface area contributed by atoms with Crippen molar-refractivity contribution in [2.45, 2.75) is 302 Å². The van der Waals surface area contributed by atoms with Gasteiger partial charge in [0.05, 0.1) is 34.4 Å². The standard InChI is InChI=1S/C60H118NO7P/c1-6-8-10-12-14-16-18-20-22-24-26-28-30-31-32-33-35-37-39-41-43-45-47-49-51-53-60(62)68-59(58-67-69(63,64)66-56-54-61(3,4)5)57-65-55-52-50-48-46-44-42-40-38-36-34-29-27-25-23-21-19-17-15-13-11-9-7-2/h18,20,24,26,59H,6-17,19,21-23,25,27-58H2,1-5H3/p+1/b20-18-,26-24-. The number of hydrogen-bond acceptors (Lipinski definition) is 6. The quantitative estimate of drug-likeness (QED) is 0.0213. The van der Waals surface area contributed by atoms with Crippen LogP contribution in [0, 0.1) is 0 Å². The molecule has 9 heteroatoms. The summed E-state index contributed by atoms with van der Waals surface area (Å²) >= 11 is 0. The van der Waals surface area contributed by atoms with Crippen LogP contribution < -0.4 is 0 Å². The van der Waals surface area contributed by atoms with E-state index in [-0.39, 0.29) is 25.8 Å². The van der Waals surface area contributed by atoms with E-state index in [9.17, 15) is 14.3 Å². The Morgan fingerprint density at radius 3 is 1.17 bits per heavy atom. The molecule has 0 amide bonds. The summed E-state index contributed by atoms with van der Waals surface area (Å²) in [5, 5.41) is 0. The van der Waals surface area contributed by atoms with E-state index in [1.165, 1.54) is 238 Å². The zero-order chi connectivity index (χ0) is 50.5. The number of likely N-dealkylation sites (N-methyl/N-ethyl adjacent to an activating group) is 1. The maximum atomic E-state index is 12.8. The molecule has 0 rings (SSSR count). The van der Waals surface area contributed by atoms with Crippen molar-refractivity contribution >= 4 is 13.8 Å². The highest BCUT2D eigenvalue weighted by molar-refractivity contribution is 7.47. The monoisotopic (exact) mass is 997 g/mol. The summed E-state index contributed by atoms with van der Waals surface area (Å²) < 4.78 is 35.3. The summed E-state index contributed by atoms with van der Waals surface area (Å²) in [6.07, 6.45) is 65.3. The summed E-state index contributed by atoms with van der Waals surface area (Å²) in [5.74, 6) is -0.307. The lowest BCUT2D eigenvalue weighted by Gasteiger charge is -2.24. The van der Waals surface area contributed by atoms with Crippen LogP contribution in [0.15, 0.2) is 24.3 Å². The van der Waals surface area contributed by atoms with Gasteiger partial charge < -0.3 is 18.9 Å². The number of nitrogens with zero attached hydrogens (tertiary/aromatic N) is 1. The van der Waals surface area contributed by atoms with E-state index in [1.807, 2.05) is 21.1 Å². The van der Waals surface area contributed by atoms with Gasteiger partial charge in [-0.05, 0) is 44.9 Å². The molecule has 0 aromatic rings. The van der Waals surface area contributed by atoms with Gasteiger partial charge in [0.2, 0.25) is 0 Å². The summed E-state index contributed by atoms with van der Waals surface area (Å²) in [5.41, 5.74) is 0. The third-order valence-electron chi connectivity index (χ3n) is 13.5. The van der Waals surface area contributed by atoms with Crippen molar-refractivity contribution < 1.29 is 37.3 Å². The third-order valence-corrected chi connectivity index (χ3v) is 14.5. The Balaban J connectivity index is 4.01. The van der Waals surface area contributed by atoms with Crippen molar-refractivity contribution in [3.05, 3.63) is 24.3 Å². The van der Waals surface area contributed by atoms with Gasteiger partial charge in [0.25, 0.3) is 0 Å². The van der Waals surface area contributed by atoms with Gasteiger partial charge >= 0.3 is 13.8 Å². The van der Waals surface area contributed by atoms with Gasteiger partial charge in [-0.15, -0.1) is 0 Å². The number of unbranched alkanes of at least 4 members (excludes halogenated alkanes) is 39. The number of allylic oxidation sites excluding steroid dienone is 4. The third kappa shape index (κ3) is 57.8. The molecule has 0 aliphatic heterocycles. The van der Waals surface area contributed by atoms with Gasteiger partial charge in [0, 0.05) is 13.0 Å². The molecule has 2 atom stereocenters. The van der Waals surface area contributed by atoms with Crippen molar-refractivity contribution in [1.29, 1.82) is 0 Å². The molecule has 0 spiro atoms. The molecule has 0 aliphatic carbocycles. The maximum absolute atomic E-state index is 12.8. The number of carbonyl (C=O) groups excluding carboxylic acids is 1. The van der Waals surface area contributed by atoms with E-state index in [4.69, 9.17) is 18.5 Å². The Kier molecular flexibility index (Phi) is 52.5. The minimum absolute atomic E-state index is 0.0916. The lowest BCUT2D eigenvalue weighted by molar-refractivity contribution is -0.870. The second-order valence-corrected chi connectivity index (χ2v) is 23.2. The van der Waals surface area contributed by atoms with Crippen molar-refractivity contribution in [2.24, 2.45) is 0 Å². The Hall–Kier alpha value is -1.02. The van der Waals surface area contributed by atoms with E-state index in [0.717, 1.165) is 38.5 Å². The van der Waals surface area contributed by atoms with Crippen LogP contribution in [0.1, 0.15) is 296 Å². The summed E-state index contributed by atoms with van der Waals surface area (Å²) in [6, 6.07) is 0. The zero-order valence-corrected chi connectivity index (χ0v) is 47.7. The summed E-state index contributed by atoms with van der Waals surface area (Å²) in [4.78, 5) is 23.1. The highest BCUT2D eigenvalue weighted by Crippen LogP contribution is 2.43. The first kappa shape index (κ1) is 68.0. The normalized spacial score (nSPS) is 13.5. The van der Waals surface area contributed by atoms with Crippen molar-refractivity contribution in [2.75, 3.05) is 54.1 Å². The molecule has 0 saturated heterocycles. The summed E-state index contributed by atoms with van der Waals surface area (Å²) in [6.45, 7) is 5.69. The van der Waals surface area contributed by atoms with Gasteiger partial charge in [0.15, 0.2) is 0 Å². The molecule has 0 aliphatic rings. The molecule has 0 saturated carbocycles. The van der Waals surface area contributed by atoms with Crippen LogP contribution in [0.2, 0.25) is 0 Å². The van der Waals surface area contributed by atoms with Gasteiger partial charge in [-0.1, -0.05) is 269 Å². The van der Waals surface area contributed by atoms with Crippen LogP contribution in [-0.4, -0.2) is 75.6 Å². The first-order valence-corrected chi connectivity index (χ1v) is 31.6. The first-order valence-electron chi connectivity index (χ1n) is 30.1. The highest BCUT2D eigenvalue weighted by Gasteiger charge is 2.26. The fourth-order valence-electron chi connectivity index (χ4n) is 8.88. The molecule has 69 heavy (non-hydrogen) atoms. The van der Waals surface area contributed by atoms with Gasteiger partial charge in [-0.2, -0.15) is 0 Å². The van der Waals surface area contributed by atoms with Gasteiger partial charge in [-0.3, -0.25) is 13.8 Å². The smallest absolute Gasteiger partial charge is 0.457 e. The van der Waals surface area contributed by atoms with E-state index in [0.29, 0.717) is 24.1 Å². The molecule has 2 unspecified atom stereocenters. The number of esters is 1. The van der Waals surface area contributed by atoms with Crippen molar-refractivity contribution in [1.82, 2.24) is 0 Å². The lowest BCUT2D eigenvalue weighted by Crippen LogP contribution is -2.37. The number of rotatable bonds is 57. The van der Waals surface area contributed by atoms with Crippen molar-refractivity contribution in [3.8, 4) is 0 Å². The molecule has 0 aromatic heterocycles. The minimum Gasteiger partial charge on any atom is -0.457 e. The van der Waals surface area contributed by atoms with Crippen LogP contribution in [0.25, 0.3) is 0 Å². The van der Waals surface area contributed by atoms with E-state index >= 15 is 0 Å². The van der Waals surface area contributed by atoms with Gasteiger partial charge in [0.1, 0.15) is 19.3 Å². The second-order valence-electron chi connectivity index (χ2n) is 21.7. The Labute approximate surface area is 430 Å². The van der Waals surface area contributed by atoms with E-state index in [1.54, 1.807) is 0 Å². The Morgan fingerprint density at radius 1 is 0.449 bits per heavy atom. The van der Waals surface area contributed by atoms with E-state index < -0.39 is 13.9 Å². The fraction of sp³-hybridized carbons (Fsp3) is 0.917. The number of phosphoric acid groups is 1. The second kappa shape index (κ2) is 53.3. The Morgan fingerprint density at radius 2 is 0.797 bits per heavy atom. The molecule has 410 valence electrons. The number of phosphoric ester groups is 1. The molecule has 0 radical (unpaired) electrons. The molecule has 0 fully saturated rings. The zero-order valence-electron chi connectivity index (χ0n) is 46.8. The minimum atomic E-state index is -4.28. The molecule has 1 N–H and O–H groups in total. The summed E-state index contributed by atoms with van der Waals surface area (Å²) in [7, 11) is 1.69. The maximum Gasteiger partial charge on any atom is 0.472 e. The predicted molar refractivity (Wildman–Crippen MR) is 298 cm³/mol. The Bertz CT molecular complexity index is 1160. The SMILES string of the molecule is CCCCCCC/C=C\C/C=C\CCCCCCCCCCCCCCCC(=O)OC(COCCCCCCCCCCCCCCCCCCCCCCCC)COP(=O)(O)OCC[N+](C)(C)C. The number of hydrogen-bond donors (Lipinski definition) is 1. The largest absolute Gasteiger partial charge is 0.472 e. The lowest BCUT2D eigenvalue weighted by atomic mass is 10.0. The predicted octanol–water partition coefficient (Wildman–Crippen LogP) is 19.1. The average Bonchev–Trinajstić information content (AvgIpc) is 3.31. The highest BCUT2D eigenvalue weighted by atomic mass is 31.2. The number of ether oxygens (including phenoxy) is 2. The molecule has 0 heterocycles. The molecular weight excluding hydrogens is 878 g/mol.